The maximum Gasteiger partial charge on any atom is 0.193 e. The van der Waals surface area contributed by atoms with Gasteiger partial charge in [-0.25, -0.2) is 4.98 Å². The Morgan fingerprint density at radius 2 is 2.12 bits per heavy atom. The van der Waals surface area contributed by atoms with E-state index in [1.165, 1.54) is 9.71 Å². The van der Waals surface area contributed by atoms with E-state index in [9.17, 15) is 0 Å². The molecule has 132 valence electrons. The number of ether oxygens (including phenoxy) is 1. The van der Waals surface area contributed by atoms with Crippen molar-refractivity contribution in [3.05, 3.63) is 29.3 Å². The van der Waals surface area contributed by atoms with Gasteiger partial charge in [-0.3, -0.25) is 4.99 Å². The smallest absolute Gasteiger partial charge is 0.193 e. The number of rotatable bonds is 4. The number of benzene rings is 1. The molecule has 1 saturated heterocycles. The van der Waals surface area contributed by atoms with Gasteiger partial charge < -0.3 is 15.0 Å². The van der Waals surface area contributed by atoms with E-state index in [0.29, 0.717) is 12.5 Å². The van der Waals surface area contributed by atoms with Gasteiger partial charge in [0.2, 0.25) is 0 Å². The largest absolute Gasteiger partial charge is 0.383 e. The molecule has 1 N–H and O–H groups in total. The summed E-state index contributed by atoms with van der Waals surface area (Å²) in [6, 6.07) is 8.41. The van der Waals surface area contributed by atoms with Crippen LogP contribution in [-0.4, -0.2) is 56.2 Å². The van der Waals surface area contributed by atoms with Gasteiger partial charge in [-0.15, -0.1) is 28.3 Å². The van der Waals surface area contributed by atoms with E-state index >= 15 is 0 Å². The molecule has 0 atom stereocenters. The van der Waals surface area contributed by atoms with Gasteiger partial charge in [0.15, 0.2) is 5.96 Å². The van der Waals surface area contributed by atoms with Crippen molar-refractivity contribution >= 4 is 44.5 Å². The molecule has 0 amide bonds. The van der Waals surface area contributed by atoms with Crippen LogP contribution in [-0.2, 0) is 4.74 Å². The number of nitrogens with one attached hydrogen (secondary N) is 1. The van der Waals surface area contributed by atoms with E-state index in [1.54, 1.807) is 7.11 Å². The standard InChI is InChI=1S/C17H24N4OS.BrH/c1-18-17(19-9-12-22-2)21-10-7-13(8-11-21)16-20-14-5-3-4-6-15(14)23-16;/h3-6,13H,7-12H2,1-2H3,(H,18,19);1H. The van der Waals surface area contributed by atoms with Crippen molar-refractivity contribution in [1.29, 1.82) is 0 Å². The predicted octanol–water partition coefficient (Wildman–Crippen LogP) is 3.28. The molecule has 0 spiro atoms. The van der Waals surface area contributed by atoms with E-state index in [2.05, 4.69) is 39.5 Å². The Balaban J connectivity index is 0.00000208. The number of hydrogen-bond acceptors (Lipinski definition) is 4. The lowest BCUT2D eigenvalue weighted by Crippen LogP contribution is -2.46. The highest BCUT2D eigenvalue weighted by Crippen LogP contribution is 2.33. The number of guanidine groups is 1. The minimum absolute atomic E-state index is 0. The molecule has 1 aliphatic heterocycles. The SMILES string of the molecule is Br.CN=C(NCCOC)N1CCC(c2nc3ccccc3s2)CC1. The molecular formula is C17H25BrN4OS. The van der Waals surface area contributed by atoms with Crippen LogP contribution in [0.2, 0.25) is 0 Å². The molecule has 0 radical (unpaired) electrons. The number of nitrogens with zero attached hydrogens (tertiary/aromatic N) is 3. The first-order valence-electron chi connectivity index (χ1n) is 8.12. The number of likely N-dealkylation sites (tertiary alicyclic amines) is 1. The number of halogens is 1. The third-order valence-electron chi connectivity index (χ3n) is 4.26. The number of fused-ring (bicyclic) bond motifs is 1. The van der Waals surface area contributed by atoms with Crippen molar-refractivity contribution in [2.24, 2.45) is 4.99 Å². The Bertz CT molecular complexity index is 634. The third-order valence-corrected chi connectivity index (χ3v) is 5.45. The molecule has 1 aromatic heterocycles. The van der Waals surface area contributed by atoms with Gasteiger partial charge in [0, 0.05) is 39.7 Å². The summed E-state index contributed by atoms with van der Waals surface area (Å²) in [5.41, 5.74) is 1.13. The lowest BCUT2D eigenvalue weighted by Gasteiger charge is -2.33. The summed E-state index contributed by atoms with van der Waals surface area (Å²) in [4.78, 5) is 11.5. The molecule has 1 fully saturated rings. The second-order valence-electron chi connectivity index (χ2n) is 5.75. The van der Waals surface area contributed by atoms with Crippen LogP contribution >= 0.6 is 28.3 Å². The average molecular weight is 413 g/mol. The lowest BCUT2D eigenvalue weighted by molar-refractivity contribution is 0.201. The van der Waals surface area contributed by atoms with Gasteiger partial charge in [-0.2, -0.15) is 0 Å². The second-order valence-corrected chi connectivity index (χ2v) is 6.81. The van der Waals surface area contributed by atoms with E-state index < -0.39 is 0 Å². The Hall–Kier alpha value is -1.18. The highest BCUT2D eigenvalue weighted by Gasteiger charge is 2.24. The topological polar surface area (TPSA) is 49.8 Å². The Morgan fingerprint density at radius 1 is 1.38 bits per heavy atom. The van der Waals surface area contributed by atoms with Crippen molar-refractivity contribution < 1.29 is 4.74 Å². The summed E-state index contributed by atoms with van der Waals surface area (Å²) in [6.45, 7) is 3.53. The summed E-state index contributed by atoms with van der Waals surface area (Å²) >= 11 is 1.84. The Labute approximate surface area is 157 Å². The van der Waals surface area contributed by atoms with Crippen molar-refractivity contribution in [1.82, 2.24) is 15.2 Å². The number of methoxy groups -OCH3 is 1. The van der Waals surface area contributed by atoms with Gasteiger partial charge in [0.05, 0.1) is 21.8 Å². The molecule has 2 heterocycles. The van der Waals surface area contributed by atoms with Gasteiger partial charge in [0.25, 0.3) is 0 Å². The van der Waals surface area contributed by atoms with E-state index in [4.69, 9.17) is 9.72 Å². The van der Waals surface area contributed by atoms with Crippen LogP contribution < -0.4 is 5.32 Å². The Kier molecular flexibility index (Phi) is 7.45. The molecule has 0 bridgehead atoms. The maximum absolute atomic E-state index is 5.08. The molecule has 2 aromatic rings. The molecule has 0 saturated carbocycles. The number of hydrogen-bond donors (Lipinski definition) is 1. The fourth-order valence-electron chi connectivity index (χ4n) is 3.00. The highest BCUT2D eigenvalue weighted by molar-refractivity contribution is 8.93. The van der Waals surface area contributed by atoms with Crippen LogP contribution in [0.4, 0.5) is 0 Å². The minimum atomic E-state index is 0. The number of para-hydroxylation sites is 1. The van der Waals surface area contributed by atoms with Crippen molar-refractivity contribution in [2.75, 3.05) is 40.4 Å². The van der Waals surface area contributed by atoms with Gasteiger partial charge >= 0.3 is 0 Å². The minimum Gasteiger partial charge on any atom is -0.383 e. The van der Waals surface area contributed by atoms with Crippen molar-refractivity contribution in [3.8, 4) is 0 Å². The number of aromatic nitrogens is 1. The Morgan fingerprint density at radius 3 is 2.79 bits per heavy atom. The second kappa shape index (κ2) is 9.34. The van der Waals surface area contributed by atoms with E-state index in [1.807, 2.05) is 18.4 Å². The molecule has 7 heteroatoms. The first kappa shape index (κ1) is 19.1. The van der Waals surface area contributed by atoms with Crippen molar-refractivity contribution in [2.45, 2.75) is 18.8 Å². The zero-order valence-corrected chi connectivity index (χ0v) is 16.7. The first-order chi connectivity index (χ1) is 11.3. The fourth-order valence-corrected chi connectivity index (χ4v) is 4.14. The van der Waals surface area contributed by atoms with Gasteiger partial charge in [-0.05, 0) is 25.0 Å². The molecule has 0 unspecified atom stereocenters. The van der Waals surface area contributed by atoms with Crippen LogP contribution in [0.3, 0.4) is 0 Å². The van der Waals surface area contributed by atoms with Gasteiger partial charge in [0.1, 0.15) is 0 Å². The molecule has 5 nitrogen and oxygen atoms in total. The van der Waals surface area contributed by atoms with E-state index in [0.717, 1.165) is 44.0 Å². The van der Waals surface area contributed by atoms with Crippen LogP contribution in [0.5, 0.6) is 0 Å². The first-order valence-corrected chi connectivity index (χ1v) is 8.93. The third kappa shape index (κ3) is 4.46. The molecule has 1 aromatic carbocycles. The highest BCUT2D eigenvalue weighted by atomic mass is 79.9. The number of aliphatic imine (C=N–C) groups is 1. The fraction of sp³-hybridized carbons (Fsp3) is 0.529. The van der Waals surface area contributed by atoms with Crippen LogP contribution in [0.15, 0.2) is 29.3 Å². The molecule has 0 aliphatic carbocycles. The van der Waals surface area contributed by atoms with E-state index in [-0.39, 0.29) is 17.0 Å². The average Bonchev–Trinajstić information content (AvgIpc) is 3.03. The summed E-state index contributed by atoms with van der Waals surface area (Å²) in [5.74, 6) is 1.55. The summed E-state index contributed by atoms with van der Waals surface area (Å²) < 4.78 is 6.38. The van der Waals surface area contributed by atoms with Crippen LogP contribution in [0.25, 0.3) is 10.2 Å². The normalized spacial score (nSPS) is 16.2. The van der Waals surface area contributed by atoms with Crippen LogP contribution in [0.1, 0.15) is 23.8 Å². The molecular weight excluding hydrogens is 388 g/mol. The lowest BCUT2D eigenvalue weighted by atomic mass is 9.98. The summed E-state index contributed by atoms with van der Waals surface area (Å²) in [5, 5.41) is 4.64. The summed E-state index contributed by atoms with van der Waals surface area (Å²) in [6.07, 6.45) is 2.26. The number of thiazole rings is 1. The zero-order chi connectivity index (χ0) is 16.1. The molecule has 3 rings (SSSR count). The van der Waals surface area contributed by atoms with Crippen molar-refractivity contribution in [3.63, 3.8) is 0 Å². The zero-order valence-electron chi connectivity index (χ0n) is 14.2. The quantitative estimate of drug-likeness (QED) is 0.475. The maximum atomic E-state index is 5.08. The predicted molar refractivity (Wildman–Crippen MR) is 107 cm³/mol. The summed E-state index contributed by atoms with van der Waals surface area (Å²) in [7, 11) is 3.56. The number of piperidine rings is 1. The van der Waals surface area contributed by atoms with Gasteiger partial charge in [-0.1, -0.05) is 12.1 Å². The van der Waals surface area contributed by atoms with Crippen LogP contribution in [0, 0.1) is 0 Å². The molecule has 1 aliphatic rings. The monoisotopic (exact) mass is 412 g/mol. The molecule has 24 heavy (non-hydrogen) atoms.